The van der Waals surface area contributed by atoms with Crippen molar-refractivity contribution in [2.75, 3.05) is 0 Å². The fourth-order valence-corrected chi connectivity index (χ4v) is 2.12. The number of halogens is 1. The van der Waals surface area contributed by atoms with Gasteiger partial charge >= 0.3 is 0 Å². The van der Waals surface area contributed by atoms with E-state index < -0.39 is 0 Å². The molecule has 2 nitrogen and oxygen atoms in total. The number of nitrogens with two attached hydrogens (primary N) is 1. The molecule has 0 spiro atoms. The van der Waals surface area contributed by atoms with Crippen LogP contribution in [0.3, 0.4) is 0 Å². The van der Waals surface area contributed by atoms with Gasteiger partial charge in [0.15, 0.2) is 0 Å². The lowest BCUT2D eigenvalue weighted by Gasteiger charge is -2.15. The molecule has 0 heterocycles. The quantitative estimate of drug-likeness (QED) is 0.546. The highest BCUT2D eigenvalue weighted by atomic mass is 19.1. The highest BCUT2D eigenvalue weighted by Gasteiger charge is 2.55. The van der Waals surface area contributed by atoms with Gasteiger partial charge in [0.25, 0.3) is 0 Å². The molecular weight excluding hydrogens is 179 g/mol. The van der Waals surface area contributed by atoms with Crippen molar-refractivity contribution in [3.63, 3.8) is 0 Å². The van der Waals surface area contributed by atoms with E-state index in [4.69, 9.17) is 11.1 Å². The van der Waals surface area contributed by atoms with Gasteiger partial charge in [-0.1, -0.05) is 19.1 Å². The lowest BCUT2D eigenvalue weighted by Crippen LogP contribution is -2.29. The van der Waals surface area contributed by atoms with Crippen LogP contribution in [0.5, 0.6) is 0 Å². The van der Waals surface area contributed by atoms with E-state index in [1.54, 1.807) is 6.07 Å². The molecule has 3 heteroatoms. The second-order valence-electron chi connectivity index (χ2n) is 4.00. The molecule has 1 aliphatic rings. The highest BCUT2D eigenvalue weighted by Crippen LogP contribution is 2.53. The van der Waals surface area contributed by atoms with E-state index in [1.165, 1.54) is 12.1 Å². The summed E-state index contributed by atoms with van der Waals surface area (Å²) in [6.07, 6.45) is 0.853. The third kappa shape index (κ3) is 1.12. The fourth-order valence-electron chi connectivity index (χ4n) is 2.12. The van der Waals surface area contributed by atoms with Gasteiger partial charge in [-0.15, -0.1) is 0 Å². The van der Waals surface area contributed by atoms with E-state index in [-0.39, 0.29) is 17.1 Å². The predicted molar refractivity (Wildman–Crippen MR) is 53.8 cm³/mol. The molecule has 1 saturated carbocycles. The maximum Gasteiger partial charge on any atom is 0.123 e. The maximum atomic E-state index is 13.0. The van der Waals surface area contributed by atoms with Crippen molar-refractivity contribution < 1.29 is 4.39 Å². The highest BCUT2D eigenvalue weighted by molar-refractivity contribution is 5.92. The molecule has 0 bridgehead atoms. The summed E-state index contributed by atoms with van der Waals surface area (Å²) in [5, 5.41) is 7.55. The Balaban J connectivity index is 2.44. The molecule has 0 aromatic heterocycles. The van der Waals surface area contributed by atoms with Crippen molar-refractivity contribution in [1.82, 2.24) is 0 Å². The van der Waals surface area contributed by atoms with Crippen LogP contribution >= 0.6 is 0 Å². The van der Waals surface area contributed by atoms with Crippen molar-refractivity contribution in [3.8, 4) is 0 Å². The molecule has 0 saturated heterocycles. The number of hydrogen-bond donors (Lipinski definition) is 2. The van der Waals surface area contributed by atoms with Gasteiger partial charge in [0.2, 0.25) is 0 Å². The van der Waals surface area contributed by atoms with Crippen LogP contribution in [0.2, 0.25) is 0 Å². The van der Waals surface area contributed by atoms with Crippen LogP contribution in [-0.4, -0.2) is 5.84 Å². The Morgan fingerprint density at radius 1 is 1.64 bits per heavy atom. The zero-order valence-corrected chi connectivity index (χ0v) is 8.05. The second-order valence-corrected chi connectivity index (χ2v) is 4.00. The second kappa shape index (κ2) is 2.80. The summed E-state index contributed by atoms with van der Waals surface area (Å²) in [5.74, 6) is 0.236. The van der Waals surface area contributed by atoms with Crippen molar-refractivity contribution in [1.29, 1.82) is 5.41 Å². The van der Waals surface area contributed by atoms with E-state index >= 15 is 0 Å². The summed E-state index contributed by atoms with van der Waals surface area (Å²) in [6, 6.07) is 6.39. The molecular formula is C11H13FN2. The van der Waals surface area contributed by atoms with Gasteiger partial charge < -0.3 is 5.73 Å². The third-order valence-corrected chi connectivity index (χ3v) is 3.13. The summed E-state index contributed by atoms with van der Waals surface area (Å²) < 4.78 is 13.0. The Kier molecular flexibility index (Phi) is 1.84. The number of hydrogen-bond acceptors (Lipinski definition) is 1. The van der Waals surface area contributed by atoms with E-state index in [0.29, 0.717) is 5.92 Å². The average Bonchev–Trinajstić information content (AvgIpc) is 2.79. The zero-order chi connectivity index (χ0) is 10.3. The number of benzene rings is 1. The summed E-state index contributed by atoms with van der Waals surface area (Å²) in [6.45, 7) is 2.03. The molecule has 2 rings (SSSR count). The first-order valence-electron chi connectivity index (χ1n) is 4.68. The van der Waals surface area contributed by atoms with Gasteiger partial charge in [0.05, 0.1) is 5.41 Å². The molecule has 0 aliphatic heterocycles. The van der Waals surface area contributed by atoms with Gasteiger partial charge in [0.1, 0.15) is 11.7 Å². The van der Waals surface area contributed by atoms with Gasteiger partial charge in [0, 0.05) is 0 Å². The number of nitrogens with one attached hydrogen (secondary N) is 1. The monoisotopic (exact) mass is 192 g/mol. The molecule has 1 fully saturated rings. The van der Waals surface area contributed by atoms with E-state index in [0.717, 1.165) is 12.0 Å². The van der Waals surface area contributed by atoms with Crippen LogP contribution in [0.1, 0.15) is 18.9 Å². The molecule has 14 heavy (non-hydrogen) atoms. The number of rotatable bonds is 2. The largest absolute Gasteiger partial charge is 0.387 e. The Labute approximate surface area is 82.4 Å². The lowest BCUT2D eigenvalue weighted by atomic mass is 9.92. The topological polar surface area (TPSA) is 49.9 Å². The molecule has 2 atom stereocenters. The Morgan fingerprint density at radius 2 is 2.29 bits per heavy atom. The molecule has 1 aromatic rings. The minimum atomic E-state index is -0.387. The molecule has 3 N–H and O–H groups in total. The fraction of sp³-hybridized carbons (Fsp3) is 0.364. The van der Waals surface area contributed by atoms with Crippen molar-refractivity contribution in [2.45, 2.75) is 18.8 Å². The molecule has 2 unspecified atom stereocenters. The average molecular weight is 192 g/mol. The van der Waals surface area contributed by atoms with E-state index in [9.17, 15) is 4.39 Å². The Morgan fingerprint density at radius 3 is 2.71 bits per heavy atom. The third-order valence-electron chi connectivity index (χ3n) is 3.13. The van der Waals surface area contributed by atoms with Gasteiger partial charge in [-0.2, -0.15) is 0 Å². The molecule has 1 aromatic carbocycles. The molecule has 0 radical (unpaired) electrons. The summed E-state index contributed by atoms with van der Waals surface area (Å²) in [7, 11) is 0. The van der Waals surface area contributed by atoms with Crippen LogP contribution < -0.4 is 5.73 Å². The molecule has 74 valence electrons. The van der Waals surface area contributed by atoms with Crippen LogP contribution in [0.25, 0.3) is 0 Å². The standard InChI is InChI=1S/C11H13FN2/c1-7-6-11(7,10(13)14)8-3-2-4-9(12)5-8/h2-5,7H,6H2,1H3,(H3,13,14). The smallest absolute Gasteiger partial charge is 0.123 e. The van der Waals surface area contributed by atoms with Gasteiger partial charge in [-0.25, -0.2) is 4.39 Å². The van der Waals surface area contributed by atoms with Crippen molar-refractivity contribution >= 4 is 5.84 Å². The Bertz CT molecular complexity index is 389. The summed E-state index contributed by atoms with van der Waals surface area (Å²) in [4.78, 5) is 0. The predicted octanol–water partition coefficient (Wildman–Crippen LogP) is 2.04. The first kappa shape index (κ1) is 9.19. The van der Waals surface area contributed by atoms with E-state index in [1.807, 2.05) is 13.0 Å². The van der Waals surface area contributed by atoms with Gasteiger partial charge in [-0.3, -0.25) is 5.41 Å². The van der Waals surface area contributed by atoms with Gasteiger partial charge in [-0.05, 0) is 30.0 Å². The maximum absolute atomic E-state index is 13.0. The normalized spacial score (nSPS) is 30.0. The summed E-state index contributed by atoms with van der Waals surface area (Å²) in [5.41, 5.74) is 6.01. The van der Waals surface area contributed by atoms with Crippen LogP contribution in [0.15, 0.2) is 24.3 Å². The minimum absolute atomic E-state index is 0.149. The summed E-state index contributed by atoms with van der Waals surface area (Å²) >= 11 is 0. The van der Waals surface area contributed by atoms with E-state index in [2.05, 4.69) is 0 Å². The zero-order valence-electron chi connectivity index (χ0n) is 8.05. The van der Waals surface area contributed by atoms with Crippen molar-refractivity contribution in [3.05, 3.63) is 35.6 Å². The molecule has 0 amide bonds. The van der Waals surface area contributed by atoms with Crippen LogP contribution in [-0.2, 0) is 5.41 Å². The van der Waals surface area contributed by atoms with Crippen molar-refractivity contribution in [2.24, 2.45) is 11.7 Å². The first-order valence-corrected chi connectivity index (χ1v) is 4.68. The Hall–Kier alpha value is -1.38. The van der Waals surface area contributed by atoms with Crippen LogP contribution in [0, 0.1) is 17.1 Å². The number of amidine groups is 1. The lowest BCUT2D eigenvalue weighted by molar-refractivity contribution is 0.622. The van der Waals surface area contributed by atoms with Crippen LogP contribution in [0.4, 0.5) is 4.39 Å². The first-order chi connectivity index (χ1) is 6.57. The minimum Gasteiger partial charge on any atom is -0.387 e. The molecule has 1 aliphatic carbocycles. The SMILES string of the molecule is CC1CC1(C(=N)N)c1cccc(F)c1.